The number of thioether (sulfide) groups is 1. The molecule has 2 atom stereocenters. The number of nitrogens with zero attached hydrogens (tertiary/aromatic N) is 2. The fourth-order valence-corrected chi connectivity index (χ4v) is 6.01. The van der Waals surface area contributed by atoms with Crippen LogP contribution < -0.4 is 15.5 Å². The summed E-state index contributed by atoms with van der Waals surface area (Å²) in [4.78, 5) is 56.7. The van der Waals surface area contributed by atoms with Gasteiger partial charge in [0.05, 0.1) is 36.0 Å². The molecule has 2 N–H and O–H groups in total. The molecule has 0 aromatic heterocycles. The van der Waals surface area contributed by atoms with E-state index in [0.717, 1.165) is 16.3 Å². The molecule has 0 bridgehead atoms. The molecule has 1 heterocycles. The molecular formula is C34H42N4O7S. The Morgan fingerprint density at radius 3 is 2.50 bits per heavy atom. The molecule has 4 amide bonds. The molecule has 4 rings (SSSR count). The first-order chi connectivity index (χ1) is 21.9. The minimum atomic E-state index is -0.921. The van der Waals surface area contributed by atoms with Crippen molar-refractivity contribution in [3.63, 3.8) is 0 Å². The molecule has 1 aliphatic rings. The molecule has 46 heavy (non-hydrogen) atoms. The normalized spacial score (nSPS) is 15.5. The van der Waals surface area contributed by atoms with Crippen LogP contribution in [0.5, 0.6) is 0 Å². The number of anilines is 2. The third-order valence-corrected chi connectivity index (χ3v) is 8.57. The number of carbonyl (C=O) groups is 4. The second-order valence-corrected chi connectivity index (χ2v) is 13.0. The van der Waals surface area contributed by atoms with Crippen molar-refractivity contribution < 1.29 is 33.4 Å². The average Bonchev–Trinajstić information content (AvgIpc) is 3.14. The molecule has 0 spiro atoms. The van der Waals surface area contributed by atoms with Crippen LogP contribution in [-0.4, -0.2) is 86.1 Å². The van der Waals surface area contributed by atoms with Crippen molar-refractivity contribution >= 4 is 57.7 Å². The Hall–Kier alpha value is -4.13. The van der Waals surface area contributed by atoms with Gasteiger partial charge in [0.15, 0.2) is 0 Å². The van der Waals surface area contributed by atoms with E-state index in [-0.39, 0.29) is 37.3 Å². The number of nitrogens with one attached hydrogen (secondary N) is 2. The third-order valence-electron chi connectivity index (χ3n) is 7.35. The molecule has 11 nitrogen and oxygen atoms in total. The van der Waals surface area contributed by atoms with Crippen molar-refractivity contribution in [3.8, 4) is 0 Å². The van der Waals surface area contributed by atoms with Crippen LogP contribution in [-0.2, 0) is 35.1 Å². The van der Waals surface area contributed by atoms with E-state index in [1.165, 1.54) is 23.7 Å². The van der Waals surface area contributed by atoms with Crippen molar-refractivity contribution in [3.05, 3.63) is 66.2 Å². The predicted octanol–water partition coefficient (Wildman–Crippen LogP) is 4.82. The van der Waals surface area contributed by atoms with Gasteiger partial charge >= 0.3 is 6.09 Å². The summed E-state index contributed by atoms with van der Waals surface area (Å²) in [5, 5.41) is 7.83. The van der Waals surface area contributed by atoms with Crippen molar-refractivity contribution in [1.82, 2.24) is 10.2 Å². The Morgan fingerprint density at radius 2 is 1.76 bits per heavy atom. The number of hydrogen-bond donors (Lipinski definition) is 2. The van der Waals surface area contributed by atoms with Crippen LogP contribution in [0, 0.1) is 0 Å². The molecule has 1 unspecified atom stereocenters. The van der Waals surface area contributed by atoms with Gasteiger partial charge in [0, 0.05) is 19.9 Å². The van der Waals surface area contributed by atoms with Crippen LogP contribution in [0.2, 0.25) is 0 Å². The SMILES string of the molecule is COCCOCC(=O)Nc1cccc2c1SCC(NC(=O)[C@H](C)N(C)C(=O)OC(C)(C)C)C(=O)N2Cc1cccc2ccccc12. The Kier molecular flexibility index (Phi) is 11.7. The minimum Gasteiger partial charge on any atom is -0.444 e. The molecule has 1 aliphatic heterocycles. The van der Waals surface area contributed by atoms with Gasteiger partial charge in [0.25, 0.3) is 5.91 Å². The summed E-state index contributed by atoms with van der Waals surface area (Å²) >= 11 is 1.36. The first-order valence-corrected chi connectivity index (χ1v) is 16.0. The minimum absolute atomic E-state index is 0.155. The average molecular weight is 651 g/mol. The van der Waals surface area contributed by atoms with Crippen molar-refractivity contribution in [2.45, 2.75) is 56.8 Å². The van der Waals surface area contributed by atoms with Crippen LogP contribution in [0.3, 0.4) is 0 Å². The van der Waals surface area contributed by atoms with E-state index in [2.05, 4.69) is 10.6 Å². The van der Waals surface area contributed by atoms with E-state index >= 15 is 0 Å². The first kappa shape index (κ1) is 34.7. The molecule has 0 saturated carbocycles. The van der Waals surface area contributed by atoms with E-state index in [9.17, 15) is 19.2 Å². The van der Waals surface area contributed by atoms with E-state index in [0.29, 0.717) is 22.9 Å². The highest BCUT2D eigenvalue weighted by molar-refractivity contribution is 7.99. The lowest BCUT2D eigenvalue weighted by molar-refractivity contribution is -0.129. The number of carbonyl (C=O) groups excluding carboxylic acids is 4. The van der Waals surface area contributed by atoms with Gasteiger partial charge in [-0.05, 0) is 56.2 Å². The van der Waals surface area contributed by atoms with E-state index in [1.54, 1.807) is 51.8 Å². The maximum atomic E-state index is 14.3. The Morgan fingerprint density at radius 1 is 1.04 bits per heavy atom. The lowest BCUT2D eigenvalue weighted by atomic mass is 10.0. The number of amides is 4. The smallest absolute Gasteiger partial charge is 0.410 e. The molecular weight excluding hydrogens is 608 g/mol. The van der Waals surface area contributed by atoms with Gasteiger partial charge in [-0.25, -0.2) is 4.79 Å². The topological polar surface area (TPSA) is 127 Å². The summed E-state index contributed by atoms with van der Waals surface area (Å²) in [6, 6.07) is 17.4. The van der Waals surface area contributed by atoms with Crippen molar-refractivity contribution in [2.24, 2.45) is 0 Å². The summed E-state index contributed by atoms with van der Waals surface area (Å²) in [7, 11) is 3.04. The Bertz CT molecular complexity index is 1570. The van der Waals surface area contributed by atoms with Gasteiger partial charge in [0.2, 0.25) is 11.8 Å². The Balaban J connectivity index is 1.64. The maximum absolute atomic E-state index is 14.3. The van der Waals surface area contributed by atoms with Crippen LogP contribution in [0.15, 0.2) is 65.6 Å². The molecule has 246 valence electrons. The van der Waals surface area contributed by atoms with Crippen LogP contribution in [0.4, 0.5) is 16.2 Å². The quantitative estimate of drug-likeness (QED) is 0.283. The van der Waals surface area contributed by atoms with Crippen molar-refractivity contribution in [1.29, 1.82) is 0 Å². The second kappa shape index (κ2) is 15.4. The first-order valence-electron chi connectivity index (χ1n) is 15.1. The summed E-state index contributed by atoms with van der Waals surface area (Å²) in [6.45, 7) is 7.55. The number of benzene rings is 3. The monoisotopic (exact) mass is 650 g/mol. The van der Waals surface area contributed by atoms with Gasteiger partial charge in [-0.2, -0.15) is 0 Å². The lowest BCUT2D eigenvalue weighted by Gasteiger charge is -2.30. The summed E-state index contributed by atoms with van der Waals surface area (Å²) in [5.41, 5.74) is 1.33. The zero-order chi connectivity index (χ0) is 33.4. The summed E-state index contributed by atoms with van der Waals surface area (Å²) in [6.07, 6.45) is -0.645. The van der Waals surface area contributed by atoms with E-state index in [1.807, 2.05) is 48.5 Å². The van der Waals surface area contributed by atoms with Crippen LogP contribution in [0.25, 0.3) is 10.8 Å². The highest BCUT2D eigenvalue weighted by atomic mass is 32.2. The van der Waals surface area contributed by atoms with Crippen LogP contribution >= 0.6 is 11.8 Å². The molecule has 0 aliphatic carbocycles. The molecule has 0 saturated heterocycles. The molecule has 0 radical (unpaired) electrons. The second-order valence-electron chi connectivity index (χ2n) is 11.9. The number of fused-ring (bicyclic) bond motifs is 2. The van der Waals surface area contributed by atoms with Crippen molar-refractivity contribution in [2.75, 3.05) is 49.9 Å². The Labute approximate surface area is 273 Å². The lowest BCUT2D eigenvalue weighted by Crippen LogP contribution is -2.54. The third kappa shape index (κ3) is 8.77. The number of methoxy groups -OCH3 is 1. The summed E-state index contributed by atoms with van der Waals surface area (Å²) < 4.78 is 15.8. The zero-order valence-corrected chi connectivity index (χ0v) is 27.9. The molecule has 3 aromatic carbocycles. The molecule has 3 aromatic rings. The van der Waals surface area contributed by atoms with Gasteiger partial charge < -0.3 is 29.7 Å². The number of ether oxygens (including phenoxy) is 3. The van der Waals surface area contributed by atoms with Gasteiger partial charge in [-0.1, -0.05) is 48.5 Å². The largest absolute Gasteiger partial charge is 0.444 e. The van der Waals surface area contributed by atoms with E-state index in [4.69, 9.17) is 14.2 Å². The van der Waals surface area contributed by atoms with Crippen LogP contribution in [0.1, 0.15) is 33.3 Å². The number of rotatable bonds is 11. The maximum Gasteiger partial charge on any atom is 0.410 e. The predicted molar refractivity (Wildman–Crippen MR) is 179 cm³/mol. The highest BCUT2D eigenvalue weighted by Crippen LogP contribution is 2.41. The van der Waals surface area contributed by atoms with Gasteiger partial charge in [0.1, 0.15) is 24.3 Å². The fraction of sp³-hybridized carbons (Fsp3) is 0.412. The standard InChI is InChI=1S/C34H42N4O7S/c1-22(37(5)33(42)45-34(2,3)4)31(40)36-27-21-46-30-26(35-29(39)20-44-18-17-43-6)15-10-16-28(30)38(32(27)41)19-24-13-9-12-23-11-7-8-14-25(23)24/h7-16,22,27H,17-21H2,1-6H3,(H,35,39)(H,36,40)/t22-,27?/m0/s1. The van der Waals surface area contributed by atoms with E-state index < -0.39 is 29.7 Å². The molecule has 12 heteroatoms. The zero-order valence-electron chi connectivity index (χ0n) is 27.1. The summed E-state index contributed by atoms with van der Waals surface area (Å²) in [5.74, 6) is -0.953. The molecule has 0 fully saturated rings. The van der Waals surface area contributed by atoms with Gasteiger partial charge in [-0.15, -0.1) is 11.8 Å². The number of hydrogen-bond acceptors (Lipinski definition) is 8. The fourth-order valence-electron chi connectivity index (χ4n) is 4.85. The number of likely N-dealkylation sites (N-methyl/N-ethyl adjacent to an activating group) is 1. The highest BCUT2D eigenvalue weighted by Gasteiger charge is 2.35. The van der Waals surface area contributed by atoms with Gasteiger partial charge in [-0.3, -0.25) is 19.3 Å².